The van der Waals surface area contributed by atoms with E-state index in [1.54, 1.807) is 5.57 Å². The van der Waals surface area contributed by atoms with Gasteiger partial charge in [0.2, 0.25) is 0 Å². The van der Waals surface area contributed by atoms with Crippen LogP contribution in [0.5, 0.6) is 0 Å². The smallest absolute Gasteiger partial charge is 0.0195 e. The Balaban J connectivity index is 2.47. The molecule has 1 aliphatic carbocycles. The lowest BCUT2D eigenvalue weighted by molar-refractivity contribution is 0.429. The van der Waals surface area contributed by atoms with Gasteiger partial charge in [-0.05, 0) is 32.0 Å². The number of allylic oxidation sites excluding steroid dienone is 3. The van der Waals surface area contributed by atoms with Crippen molar-refractivity contribution in [2.75, 3.05) is 20.6 Å². The van der Waals surface area contributed by atoms with Crippen LogP contribution in [0.1, 0.15) is 13.3 Å². The van der Waals surface area contributed by atoms with Gasteiger partial charge >= 0.3 is 0 Å². The van der Waals surface area contributed by atoms with Crippen molar-refractivity contribution in [1.82, 2.24) is 4.90 Å². The van der Waals surface area contributed by atoms with Gasteiger partial charge < -0.3 is 4.90 Å². The fraction of sp³-hybridized carbons (Fsp3) is 0.600. The maximum absolute atomic E-state index is 2.29. The highest BCUT2D eigenvalue weighted by Gasteiger charge is 2.12. The SMILES string of the molecule is CCC1C=CC=C1CN(C)C. The minimum absolute atomic E-state index is 0.706. The molecule has 0 bridgehead atoms. The molecule has 1 aliphatic rings. The quantitative estimate of drug-likeness (QED) is 0.597. The molecule has 0 fully saturated rings. The summed E-state index contributed by atoms with van der Waals surface area (Å²) in [5, 5.41) is 0. The molecule has 0 saturated heterocycles. The van der Waals surface area contributed by atoms with Crippen LogP contribution in [0.4, 0.5) is 0 Å². The lowest BCUT2D eigenvalue weighted by Gasteiger charge is -2.15. The van der Waals surface area contributed by atoms with Crippen LogP contribution in [-0.4, -0.2) is 25.5 Å². The van der Waals surface area contributed by atoms with Crippen LogP contribution in [-0.2, 0) is 0 Å². The summed E-state index contributed by atoms with van der Waals surface area (Å²) in [7, 11) is 4.23. The Morgan fingerprint density at radius 2 is 2.18 bits per heavy atom. The average molecular weight is 151 g/mol. The van der Waals surface area contributed by atoms with Gasteiger partial charge in [0.05, 0.1) is 0 Å². The molecule has 0 heterocycles. The molecule has 1 nitrogen and oxygen atoms in total. The molecule has 1 heteroatoms. The highest BCUT2D eigenvalue weighted by atomic mass is 15.0. The van der Waals surface area contributed by atoms with Gasteiger partial charge in [-0.15, -0.1) is 0 Å². The first-order valence-electron chi connectivity index (χ1n) is 4.26. The molecule has 1 rings (SSSR count). The Kier molecular flexibility index (Phi) is 2.89. The zero-order valence-corrected chi connectivity index (χ0v) is 7.67. The van der Waals surface area contributed by atoms with E-state index in [1.165, 1.54) is 6.42 Å². The van der Waals surface area contributed by atoms with E-state index in [-0.39, 0.29) is 0 Å². The van der Waals surface area contributed by atoms with E-state index in [4.69, 9.17) is 0 Å². The zero-order chi connectivity index (χ0) is 8.27. The van der Waals surface area contributed by atoms with Crippen LogP contribution in [0.15, 0.2) is 23.8 Å². The summed E-state index contributed by atoms with van der Waals surface area (Å²) in [6, 6.07) is 0. The summed E-state index contributed by atoms with van der Waals surface area (Å²) in [4.78, 5) is 2.22. The first-order valence-corrected chi connectivity index (χ1v) is 4.26. The van der Waals surface area contributed by atoms with Gasteiger partial charge in [0.1, 0.15) is 0 Å². The Labute approximate surface area is 69.4 Å². The molecule has 0 N–H and O–H groups in total. The second-order valence-electron chi connectivity index (χ2n) is 3.38. The molecule has 62 valence electrons. The van der Waals surface area contributed by atoms with Crippen LogP contribution < -0.4 is 0 Å². The predicted molar refractivity (Wildman–Crippen MR) is 49.6 cm³/mol. The lowest BCUT2D eigenvalue weighted by Crippen LogP contribution is -2.17. The standard InChI is InChI=1S/C10H17N/c1-4-9-6-5-7-10(9)8-11(2)3/h5-7,9H,4,8H2,1-3H3. The Bertz CT molecular complexity index is 177. The summed E-state index contributed by atoms with van der Waals surface area (Å²) in [5.74, 6) is 0.706. The molecule has 1 unspecified atom stereocenters. The van der Waals surface area contributed by atoms with E-state index >= 15 is 0 Å². The van der Waals surface area contributed by atoms with Crippen molar-refractivity contribution in [1.29, 1.82) is 0 Å². The summed E-state index contributed by atoms with van der Waals surface area (Å²) in [5.41, 5.74) is 1.55. The van der Waals surface area contributed by atoms with Crippen molar-refractivity contribution in [3.8, 4) is 0 Å². The number of nitrogens with zero attached hydrogens (tertiary/aromatic N) is 1. The molecule has 0 aromatic rings. The average Bonchev–Trinajstić information content (AvgIpc) is 2.34. The zero-order valence-electron chi connectivity index (χ0n) is 7.67. The second-order valence-corrected chi connectivity index (χ2v) is 3.38. The van der Waals surface area contributed by atoms with Crippen LogP contribution in [0.25, 0.3) is 0 Å². The molecular formula is C10H17N. The Morgan fingerprint density at radius 3 is 2.73 bits per heavy atom. The molecule has 0 aromatic heterocycles. The van der Waals surface area contributed by atoms with E-state index in [1.807, 2.05) is 0 Å². The predicted octanol–water partition coefficient (Wildman–Crippen LogP) is 2.07. The number of likely N-dealkylation sites (N-methyl/N-ethyl adjacent to an activating group) is 1. The maximum Gasteiger partial charge on any atom is 0.0195 e. The lowest BCUT2D eigenvalue weighted by atomic mass is 10.00. The third kappa shape index (κ3) is 2.19. The summed E-state index contributed by atoms with van der Waals surface area (Å²) in [6.45, 7) is 3.34. The Morgan fingerprint density at radius 1 is 1.45 bits per heavy atom. The van der Waals surface area contributed by atoms with E-state index < -0.39 is 0 Å². The van der Waals surface area contributed by atoms with Gasteiger partial charge in [0, 0.05) is 6.54 Å². The topological polar surface area (TPSA) is 3.24 Å². The number of hydrogen-bond donors (Lipinski definition) is 0. The van der Waals surface area contributed by atoms with Gasteiger partial charge in [-0.3, -0.25) is 0 Å². The molecular weight excluding hydrogens is 134 g/mol. The highest BCUT2D eigenvalue weighted by molar-refractivity contribution is 5.28. The van der Waals surface area contributed by atoms with Crippen molar-refractivity contribution < 1.29 is 0 Å². The minimum Gasteiger partial charge on any atom is -0.305 e. The van der Waals surface area contributed by atoms with E-state index in [2.05, 4.69) is 44.1 Å². The molecule has 0 aliphatic heterocycles. The first-order chi connectivity index (χ1) is 5.24. The van der Waals surface area contributed by atoms with Crippen LogP contribution in [0.2, 0.25) is 0 Å². The summed E-state index contributed by atoms with van der Waals surface area (Å²) in [6.07, 6.45) is 7.94. The Hall–Kier alpha value is -0.560. The van der Waals surface area contributed by atoms with Crippen molar-refractivity contribution in [2.24, 2.45) is 5.92 Å². The molecule has 0 radical (unpaired) electrons. The van der Waals surface area contributed by atoms with Crippen LogP contribution in [0, 0.1) is 5.92 Å². The third-order valence-corrected chi connectivity index (χ3v) is 2.07. The maximum atomic E-state index is 2.29. The molecule has 0 aromatic carbocycles. The van der Waals surface area contributed by atoms with Gasteiger partial charge in [-0.25, -0.2) is 0 Å². The molecule has 0 amide bonds. The fourth-order valence-corrected chi connectivity index (χ4v) is 1.49. The van der Waals surface area contributed by atoms with E-state index in [9.17, 15) is 0 Å². The van der Waals surface area contributed by atoms with Gasteiger partial charge in [0.15, 0.2) is 0 Å². The molecule has 11 heavy (non-hydrogen) atoms. The van der Waals surface area contributed by atoms with Crippen LogP contribution >= 0.6 is 0 Å². The van der Waals surface area contributed by atoms with Crippen LogP contribution in [0.3, 0.4) is 0 Å². The van der Waals surface area contributed by atoms with E-state index in [0.717, 1.165) is 6.54 Å². The summed E-state index contributed by atoms with van der Waals surface area (Å²) < 4.78 is 0. The molecule has 0 spiro atoms. The number of rotatable bonds is 3. The van der Waals surface area contributed by atoms with Gasteiger partial charge in [0.25, 0.3) is 0 Å². The number of hydrogen-bond acceptors (Lipinski definition) is 1. The monoisotopic (exact) mass is 151 g/mol. The largest absolute Gasteiger partial charge is 0.305 e. The van der Waals surface area contributed by atoms with Crippen molar-refractivity contribution in [2.45, 2.75) is 13.3 Å². The van der Waals surface area contributed by atoms with Crippen molar-refractivity contribution >= 4 is 0 Å². The first kappa shape index (κ1) is 8.54. The third-order valence-electron chi connectivity index (χ3n) is 2.07. The minimum atomic E-state index is 0.706. The van der Waals surface area contributed by atoms with Crippen molar-refractivity contribution in [3.05, 3.63) is 23.8 Å². The molecule has 0 saturated carbocycles. The van der Waals surface area contributed by atoms with Gasteiger partial charge in [-0.1, -0.05) is 25.2 Å². The fourth-order valence-electron chi connectivity index (χ4n) is 1.49. The van der Waals surface area contributed by atoms with Gasteiger partial charge in [-0.2, -0.15) is 0 Å². The second kappa shape index (κ2) is 3.72. The van der Waals surface area contributed by atoms with E-state index in [0.29, 0.717) is 5.92 Å². The molecule has 1 atom stereocenters. The van der Waals surface area contributed by atoms with Crippen molar-refractivity contribution in [3.63, 3.8) is 0 Å². The summed E-state index contributed by atoms with van der Waals surface area (Å²) >= 11 is 0. The highest BCUT2D eigenvalue weighted by Crippen LogP contribution is 2.22. The normalized spacial score (nSPS) is 22.9.